The van der Waals surface area contributed by atoms with Crippen LogP contribution in [-0.4, -0.2) is 31.5 Å². The Morgan fingerprint density at radius 3 is 2.36 bits per heavy atom. The lowest BCUT2D eigenvalue weighted by atomic mass is 10.1. The summed E-state index contributed by atoms with van der Waals surface area (Å²) < 4.78 is 5.21. The zero-order valence-electron chi connectivity index (χ0n) is 16.2. The lowest BCUT2D eigenvalue weighted by Gasteiger charge is -2.30. The van der Waals surface area contributed by atoms with Crippen molar-refractivity contribution in [3.8, 4) is 5.75 Å². The van der Waals surface area contributed by atoms with Gasteiger partial charge in [0.2, 0.25) is 5.91 Å². The zero-order valence-corrected chi connectivity index (χ0v) is 16.9. The van der Waals surface area contributed by atoms with Gasteiger partial charge in [-0.2, -0.15) is 0 Å². The molecule has 1 N–H and O–H groups in total. The van der Waals surface area contributed by atoms with E-state index in [1.54, 1.807) is 31.4 Å². The van der Waals surface area contributed by atoms with E-state index in [0.29, 0.717) is 16.5 Å². The molecule has 148 valence electrons. The van der Waals surface area contributed by atoms with Crippen LogP contribution >= 0.6 is 11.6 Å². The van der Waals surface area contributed by atoms with Gasteiger partial charge < -0.3 is 15.0 Å². The number of carbonyl (C=O) groups is 2. The molecular weight excluding hydrogens is 376 g/mol. The Bertz CT molecular complexity index is 817. The van der Waals surface area contributed by atoms with Crippen LogP contribution in [0.1, 0.15) is 36.5 Å². The first-order valence-corrected chi connectivity index (χ1v) is 9.87. The van der Waals surface area contributed by atoms with Crippen molar-refractivity contribution in [3.63, 3.8) is 0 Å². The average molecular weight is 401 g/mol. The highest BCUT2D eigenvalue weighted by Gasteiger charge is 2.34. The third-order valence-electron chi connectivity index (χ3n) is 5.06. The summed E-state index contributed by atoms with van der Waals surface area (Å²) >= 11 is 5.84. The van der Waals surface area contributed by atoms with Gasteiger partial charge in [0.05, 0.1) is 7.11 Å². The van der Waals surface area contributed by atoms with Crippen molar-refractivity contribution in [2.75, 3.05) is 18.6 Å². The van der Waals surface area contributed by atoms with Crippen molar-refractivity contribution in [1.29, 1.82) is 0 Å². The topological polar surface area (TPSA) is 58.6 Å². The summed E-state index contributed by atoms with van der Waals surface area (Å²) in [7, 11) is 1.62. The molecule has 1 aliphatic rings. The van der Waals surface area contributed by atoms with Crippen molar-refractivity contribution in [2.45, 2.75) is 32.2 Å². The van der Waals surface area contributed by atoms with Gasteiger partial charge in [-0.15, -0.1) is 0 Å². The Kier molecular flexibility index (Phi) is 6.57. The average Bonchev–Trinajstić information content (AvgIpc) is 3.54. The minimum absolute atomic E-state index is 0.000901. The number of nitrogens with zero attached hydrogens (tertiary/aromatic N) is 1. The van der Waals surface area contributed by atoms with E-state index >= 15 is 0 Å². The number of hydrogen-bond acceptors (Lipinski definition) is 3. The molecule has 3 rings (SSSR count). The van der Waals surface area contributed by atoms with Crippen LogP contribution in [0.15, 0.2) is 48.5 Å². The second-order valence-electron chi connectivity index (χ2n) is 7.05. The molecular formula is C22H25ClN2O3. The van der Waals surface area contributed by atoms with Gasteiger partial charge in [-0.25, -0.2) is 0 Å². The number of ether oxygens (including phenoxy) is 1. The fourth-order valence-electron chi connectivity index (χ4n) is 3.25. The molecule has 1 atom stereocenters. The van der Waals surface area contributed by atoms with Crippen molar-refractivity contribution in [3.05, 3.63) is 59.1 Å². The lowest BCUT2D eigenvalue weighted by Crippen LogP contribution is -2.41. The SMILES string of the molecule is COc1ccc(N(C(=O)CCNC(=O)c2ccc(Cl)cc2)C(C)C2CC2)cc1. The van der Waals surface area contributed by atoms with Crippen molar-refractivity contribution in [1.82, 2.24) is 5.32 Å². The van der Waals surface area contributed by atoms with Gasteiger partial charge in [-0.3, -0.25) is 9.59 Å². The quantitative estimate of drug-likeness (QED) is 0.718. The molecule has 0 aliphatic heterocycles. The maximum absolute atomic E-state index is 13.0. The summed E-state index contributed by atoms with van der Waals surface area (Å²) in [6, 6.07) is 14.3. The van der Waals surface area contributed by atoms with Gasteiger partial charge >= 0.3 is 0 Å². The molecule has 2 amide bonds. The fourth-order valence-corrected chi connectivity index (χ4v) is 3.37. The van der Waals surface area contributed by atoms with E-state index in [1.807, 2.05) is 29.2 Å². The minimum atomic E-state index is -0.212. The predicted molar refractivity (Wildman–Crippen MR) is 111 cm³/mol. The number of rotatable bonds is 8. The molecule has 0 bridgehead atoms. The van der Waals surface area contributed by atoms with Crippen LogP contribution in [0.4, 0.5) is 5.69 Å². The molecule has 2 aromatic carbocycles. The maximum Gasteiger partial charge on any atom is 0.251 e. The Hall–Kier alpha value is -2.53. The Morgan fingerprint density at radius 1 is 1.14 bits per heavy atom. The van der Waals surface area contributed by atoms with Crippen LogP contribution in [0.25, 0.3) is 0 Å². The van der Waals surface area contributed by atoms with E-state index < -0.39 is 0 Å². The Balaban J connectivity index is 1.62. The van der Waals surface area contributed by atoms with Crippen LogP contribution in [0.5, 0.6) is 5.75 Å². The number of methoxy groups -OCH3 is 1. The lowest BCUT2D eigenvalue weighted by molar-refractivity contribution is -0.119. The van der Waals surface area contributed by atoms with E-state index in [9.17, 15) is 9.59 Å². The highest BCUT2D eigenvalue weighted by atomic mass is 35.5. The standard InChI is InChI=1S/C22H25ClN2O3/c1-15(16-3-4-16)25(19-9-11-20(28-2)12-10-19)21(26)13-14-24-22(27)17-5-7-18(23)8-6-17/h5-12,15-16H,3-4,13-14H2,1-2H3,(H,24,27). The summed E-state index contributed by atoms with van der Waals surface area (Å²) in [6.45, 7) is 2.37. The fraction of sp³-hybridized carbons (Fsp3) is 0.364. The maximum atomic E-state index is 13.0. The van der Waals surface area contributed by atoms with E-state index in [2.05, 4.69) is 12.2 Å². The van der Waals surface area contributed by atoms with E-state index in [-0.39, 0.29) is 30.8 Å². The first kappa shape index (κ1) is 20.2. The molecule has 0 saturated heterocycles. The number of nitrogens with one attached hydrogen (secondary N) is 1. The molecule has 5 nitrogen and oxygen atoms in total. The van der Waals surface area contributed by atoms with E-state index in [0.717, 1.165) is 24.3 Å². The molecule has 1 fully saturated rings. The molecule has 6 heteroatoms. The van der Waals surface area contributed by atoms with Gasteiger partial charge in [0.25, 0.3) is 5.91 Å². The molecule has 1 saturated carbocycles. The first-order chi connectivity index (χ1) is 13.5. The van der Waals surface area contributed by atoms with Gasteiger partial charge in [0.1, 0.15) is 5.75 Å². The second-order valence-corrected chi connectivity index (χ2v) is 7.49. The van der Waals surface area contributed by atoms with Crippen LogP contribution in [0.3, 0.4) is 0 Å². The Labute approximate surface area is 170 Å². The molecule has 1 unspecified atom stereocenters. The molecule has 0 heterocycles. The van der Waals surface area contributed by atoms with Gasteiger partial charge in [-0.05, 0) is 74.2 Å². The van der Waals surface area contributed by atoms with E-state index in [1.165, 1.54) is 0 Å². The van der Waals surface area contributed by atoms with Crippen LogP contribution in [0.2, 0.25) is 5.02 Å². The van der Waals surface area contributed by atoms with Crippen LogP contribution < -0.4 is 15.0 Å². The number of anilines is 1. The smallest absolute Gasteiger partial charge is 0.251 e. The van der Waals surface area contributed by atoms with E-state index in [4.69, 9.17) is 16.3 Å². The highest BCUT2D eigenvalue weighted by molar-refractivity contribution is 6.30. The van der Waals surface area contributed by atoms with Crippen molar-refractivity contribution in [2.24, 2.45) is 5.92 Å². The minimum Gasteiger partial charge on any atom is -0.497 e. The number of halogens is 1. The molecule has 1 aliphatic carbocycles. The van der Waals surface area contributed by atoms with Crippen molar-refractivity contribution >= 4 is 29.1 Å². The third-order valence-corrected chi connectivity index (χ3v) is 5.31. The van der Waals surface area contributed by atoms with Crippen LogP contribution in [-0.2, 0) is 4.79 Å². The summed E-state index contributed by atoms with van der Waals surface area (Å²) in [4.78, 5) is 27.0. The molecule has 2 aromatic rings. The summed E-state index contributed by atoms with van der Waals surface area (Å²) in [5.74, 6) is 1.08. The van der Waals surface area contributed by atoms with Crippen LogP contribution in [0, 0.1) is 5.92 Å². The van der Waals surface area contributed by atoms with Gasteiger partial charge in [0.15, 0.2) is 0 Å². The first-order valence-electron chi connectivity index (χ1n) is 9.49. The van der Waals surface area contributed by atoms with Gasteiger partial charge in [0, 0.05) is 35.3 Å². The number of hydrogen-bond donors (Lipinski definition) is 1. The van der Waals surface area contributed by atoms with Crippen molar-refractivity contribution < 1.29 is 14.3 Å². The molecule has 0 radical (unpaired) electrons. The Morgan fingerprint density at radius 2 is 1.79 bits per heavy atom. The van der Waals surface area contributed by atoms with Gasteiger partial charge in [-0.1, -0.05) is 11.6 Å². The molecule has 28 heavy (non-hydrogen) atoms. The highest BCUT2D eigenvalue weighted by Crippen LogP contribution is 2.37. The summed E-state index contributed by atoms with van der Waals surface area (Å²) in [5, 5.41) is 3.39. The number of amides is 2. The molecule has 0 aromatic heterocycles. The number of carbonyl (C=O) groups excluding carboxylic acids is 2. The largest absolute Gasteiger partial charge is 0.497 e. The third kappa shape index (κ3) is 5.04. The number of benzene rings is 2. The summed E-state index contributed by atoms with van der Waals surface area (Å²) in [6.07, 6.45) is 2.53. The second kappa shape index (κ2) is 9.11. The zero-order chi connectivity index (χ0) is 20.1. The summed E-state index contributed by atoms with van der Waals surface area (Å²) in [5.41, 5.74) is 1.38. The normalized spacial score (nSPS) is 14.2. The monoisotopic (exact) mass is 400 g/mol. The molecule has 0 spiro atoms. The predicted octanol–water partition coefficient (Wildman–Crippen LogP) is 4.30.